The van der Waals surface area contributed by atoms with Crippen LogP contribution < -0.4 is 4.74 Å². The molecule has 0 atom stereocenters. The number of nitrogens with zero attached hydrogens (tertiary/aromatic N) is 2. The summed E-state index contributed by atoms with van der Waals surface area (Å²) in [6.45, 7) is 3.16. The van der Waals surface area contributed by atoms with Crippen molar-refractivity contribution in [1.82, 2.24) is 9.88 Å². The predicted octanol–water partition coefficient (Wildman–Crippen LogP) is 2.77. The van der Waals surface area contributed by atoms with Crippen LogP contribution in [0.1, 0.15) is 39.4 Å². The fourth-order valence-electron chi connectivity index (χ4n) is 2.82. The number of carboxylic acid groups (broad SMARTS) is 1. The number of carbonyl (C=O) groups excluding carboxylic acids is 1. The van der Waals surface area contributed by atoms with Crippen LogP contribution in [-0.4, -0.2) is 46.1 Å². The summed E-state index contributed by atoms with van der Waals surface area (Å²) >= 11 is 0. The Kier molecular flexibility index (Phi) is 4.97. The Morgan fingerprint density at radius 3 is 2.36 bits per heavy atom. The molecule has 1 aliphatic heterocycles. The van der Waals surface area contributed by atoms with Gasteiger partial charge in [0.15, 0.2) is 0 Å². The van der Waals surface area contributed by atoms with Crippen LogP contribution in [0.3, 0.4) is 0 Å². The molecular weight excluding hydrogens is 320 g/mol. The Labute approximate surface area is 146 Å². The van der Waals surface area contributed by atoms with Gasteiger partial charge in [-0.1, -0.05) is 23.8 Å². The van der Waals surface area contributed by atoms with Crippen molar-refractivity contribution >= 4 is 11.9 Å². The number of amides is 1. The van der Waals surface area contributed by atoms with Crippen LogP contribution in [0.5, 0.6) is 5.75 Å². The Morgan fingerprint density at radius 1 is 1.08 bits per heavy atom. The number of pyridine rings is 1. The van der Waals surface area contributed by atoms with E-state index >= 15 is 0 Å². The molecule has 130 valence electrons. The smallest absolute Gasteiger partial charge is 0.354 e. The highest BCUT2D eigenvalue weighted by atomic mass is 16.5. The zero-order chi connectivity index (χ0) is 17.8. The molecule has 6 heteroatoms. The summed E-state index contributed by atoms with van der Waals surface area (Å²) < 4.78 is 5.96. The average Bonchev–Trinajstić information content (AvgIpc) is 2.64. The summed E-state index contributed by atoms with van der Waals surface area (Å²) in [4.78, 5) is 29.1. The number of rotatable bonds is 4. The summed E-state index contributed by atoms with van der Waals surface area (Å²) in [6.07, 6.45) is 1.54. The monoisotopic (exact) mass is 340 g/mol. The van der Waals surface area contributed by atoms with Crippen molar-refractivity contribution in [2.75, 3.05) is 13.1 Å². The van der Waals surface area contributed by atoms with Gasteiger partial charge in [0.05, 0.1) is 0 Å². The SMILES string of the molecule is Cc1ccc(OC2CCN(C(=O)c3cccc(C(=O)O)n3)CC2)cc1. The summed E-state index contributed by atoms with van der Waals surface area (Å²) in [5, 5.41) is 8.99. The Bertz CT molecular complexity index is 765. The lowest BCUT2D eigenvalue weighted by molar-refractivity contribution is 0.0590. The van der Waals surface area contributed by atoms with Crippen molar-refractivity contribution in [3.63, 3.8) is 0 Å². The minimum Gasteiger partial charge on any atom is -0.490 e. The molecule has 0 bridgehead atoms. The third-order valence-corrected chi connectivity index (χ3v) is 4.24. The van der Waals surface area contributed by atoms with Crippen LogP contribution in [0.2, 0.25) is 0 Å². The van der Waals surface area contributed by atoms with Crippen LogP contribution in [0.25, 0.3) is 0 Å². The number of aromatic nitrogens is 1. The maximum Gasteiger partial charge on any atom is 0.354 e. The molecule has 0 unspecified atom stereocenters. The number of carboxylic acids is 1. The van der Waals surface area contributed by atoms with Gasteiger partial charge in [-0.05, 0) is 31.2 Å². The standard InChI is InChI=1S/C19H20N2O4/c1-13-5-7-14(8-6-13)25-15-9-11-21(12-10-15)18(22)16-3-2-4-17(20-16)19(23)24/h2-8,15H,9-12H2,1H3,(H,23,24). The van der Waals surface area contributed by atoms with Crippen molar-refractivity contribution in [2.45, 2.75) is 25.9 Å². The minimum atomic E-state index is -1.14. The number of benzene rings is 1. The second-order valence-corrected chi connectivity index (χ2v) is 6.14. The third kappa shape index (κ3) is 4.15. The largest absolute Gasteiger partial charge is 0.490 e. The first kappa shape index (κ1) is 17.0. The van der Waals surface area contributed by atoms with Crippen LogP contribution in [0.4, 0.5) is 0 Å². The first-order valence-corrected chi connectivity index (χ1v) is 8.26. The molecule has 0 spiro atoms. The maximum atomic E-state index is 12.5. The minimum absolute atomic E-state index is 0.0741. The highest BCUT2D eigenvalue weighted by Crippen LogP contribution is 2.20. The molecule has 25 heavy (non-hydrogen) atoms. The third-order valence-electron chi connectivity index (χ3n) is 4.24. The van der Waals surface area contributed by atoms with Gasteiger partial charge in [0.25, 0.3) is 5.91 Å². The number of ether oxygens (including phenoxy) is 1. The van der Waals surface area contributed by atoms with Crippen LogP contribution >= 0.6 is 0 Å². The molecule has 1 aromatic carbocycles. The molecule has 2 aromatic rings. The molecule has 0 aliphatic carbocycles. The lowest BCUT2D eigenvalue weighted by Gasteiger charge is -2.32. The van der Waals surface area contributed by atoms with Gasteiger partial charge < -0.3 is 14.7 Å². The molecule has 3 rings (SSSR count). The Balaban J connectivity index is 1.58. The van der Waals surface area contributed by atoms with Gasteiger partial charge in [-0.3, -0.25) is 4.79 Å². The molecule has 1 amide bonds. The van der Waals surface area contributed by atoms with Crippen LogP contribution in [0.15, 0.2) is 42.5 Å². The first-order chi connectivity index (χ1) is 12.0. The van der Waals surface area contributed by atoms with Gasteiger partial charge in [-0.25, -0.2) is 9.78 Å². The Morgan fingerprint density at radius 2 is 1.72 bits per heavy atom. The Hall–Kier alpha value is -2.89. The summed E-state index contributed by atoms with van der Waals surface area (Å²) in [6, 6.07) is 12.4. The summed E-state index contributed by atoms with van der Waals surface area (Å²) in [5.74, 6) is -0.539. The fraction of sp³-hybridized carbons (Fsp3) is 0.316. The predicted molar refractivity (Wildman–Crippen MR) is 91.9 cm³/mol. The van der Waals surface area contributed by atoms with Gasteiger partial charge in [-0.15, -0.1) is 0 Å². The van der Waals surface area contributed by atoms with Crippen molar-refractivity contribution < 1.29 is 19.4 Å². The van der Waals surface area contributed by atoms with Gasteiger partial charge in [-0.2, -0.15) is 0 Å². The number of likely N-dealkylation sites (tertiary alicyclic amines) is 1. The van der Waals surface area contributed by atoms with Gasteiger partial charge in [0.1, 0.15) is 23.2 Å². The molecule has 0 radical (unpaired) electrons. The van der Waals surface area contributed by atoms with E-state index in [9.17, 15) is 9.59 Å². The van der Waals surface area contributed by atoms with E-state index in [0.29, 0.717) is 13.1 Å². The zero-order valence-electron chi connectivity index (χ0n) is 14.0. The number of carbonyl (C=O) groups is 2. The number of aryl methyl sites for hydroxylation is 1. The molecule has 1 N–H and O–H groups in total. The highest BCUT2D eigenvalue weighted by molar-refractivity contribution is 5.94. The molecule has 1 saturated heterocycles. The number of aromatic carboxylic acids is 1. The summed E-state index contributed by atoms with van der Waals surface area (Å²) in [5.41, 5.74) is 1.23. The van der Waals surface area contributed by atoms with Gasteiger partial charge in [0, 0.05) is 25.9 Å². The normalized spacial score (nSPS) is 15.0. The van der Waals surface area contributed by atoms with E-state index in [1.54, 1.807) is 11.0 Å². The maximum absolute atomic E-state index is 12.5. The van der Waals surface area contributed by atoms with Crippen molar-refractivity contribution in [3.05, 3.63) is 59.4 Å². The van der Waals surface area contributed by atoms with Gasteiger partial charge >= 0.3 is 5.97 Å². The topological polar surface area (TPSA) is 79.7 Å². The molecule has 6 nitrogen and oxygen atoms in total. The number of hydrogen-bond acceptors (Lipinski definition) is 4. The van der Waals surface area contributed by atoms with Crippen LogP contribution in [-0.2, 0) is 0 Å². The quantitative estimate of drug-likeness (QED) is 0.926. The van der Waals surface area contributed by atoms with E-state index < -0.39 is 5.97 Å². The molecule has 0 saturated carbocycles. The van der Waals surface area contributed by atoms with E-state index in [2.05, 4.69) is 4.98 Å². The van der Waals surface area contributed by atoms with E-state index in [1.165, 1.54) is 17.7 Å². The number of hydrogen-bond donors (Lipinski definition) is 1. The highest BCUT2D eigenvalue weighted by Gasteiger charge is 2.25. The number of piperidine rings is 1. The second-order valence-electron chi connectivity index (χ2n) is 6.14. The lowest BCUT2D eigenvalue weighted by atomic mass is 10.1. The second kappa shape index (κ2) is 7.34. The van der Waals surface area contributed by atoms with E-state index in [-0.39, 0.29) is 23.4 Å². The van der Waals surface area contributed by atoms with Crippen LogP contribution in [0, 0.1) is 6.92 Å². The van der Waals surface area contributed by atoms with E-state index in [1.807, 2.05) is 31.2 Å². The fourth-order valence-corrected chi connectivity index (χ4v) is 2.82. The van der Waals surface area contributed by atoms with Crippen molar-refractivity contribution in [3.8, 4) is 5.75 Å². The lowest BCUT2D eigenvalue weighted by Crippen LogP contribution is -2.42. The molecule has 1 fully saturated rings. The average molecular weight is 340 g/mol. The van der Waals surface area contributed by atoms with Gasteiger partial charge in [0.2, 0.25) is 0 Å². The summed E-state index contributed by atoms with van der Waals surface area (Å²) in [7, 11) is 0. The van der Waals surface area contributed by atoms with Crippen molar-refractivity contribution in [1.29, 1.82) is 0 Å². The molecule has 2 heterocycles. The van der Waals surface area contributed by atoms with Crippen molar-refractivity contribution in [2.24, 2.45) is 0 Å². The molecule has 1 aromatic heterocycles. The van der Waals surface area contributed by atoms with E-state index in [4.69, 9.17) is 9.84 Å². The molecular formula is C19H20N2O4. The van der Waals surface area contributed by atoms with E-state index in [0.717, 1.165) is 18.6 Å². The zero-order valence-corrected chi connectivity index (χ0v) is 14.0. The first-order valence-electron chi connectivity index (χ1n) is 8.26. The molecule has 1 aliphatic rings.